The van der Waals surface area contributed by atoms with Gasteiger partial charge in [-0.15, -0.1) is 0 Å². The zero-order valence-electron chi connectivity index (χ0n) is 12.1. The molecule has 2 aromatic heterocycles. The van der Waals surface area contributed by atoms with Crippen LogP contribution in [0.1, 0.15) is 29.2 Å². The maximum atomic E-state index is 12.5. The highest BCUT2D eigenvalue weighted by molar-refractivity contribution is 5.84. The fourth-order valence-corrected chi connectivity index (χ4v) is 3.16. The third-order valence-corrected chi connectivity index (χ3v) is 4.29. The lowest BCUT2D eigenvalue weighted by Crippen LogP contribution is -2.28. The van der Waals surface area contributed by atoms with Crippen LogP contribution in [0, 0.1) is 0 Å². The third kappa shape index (κ3) is 2.15. The Morgan fingerprint density at radius 3 is 3.18 bits per heavy atom. The molecule has 3 aromatic rings. The summed E-state index contributed by atoms with van der Waals surface area (Å²) in [6, 6.07) is 8.21. The summed E-state index contributed by atoms with van der Waals surface area (Å²) in [5.41, 5.74) is 4.21. The molecule has 22 heavy (non-hydrogen) atoms. The van der Waals surface area contributed by atoms with Crippen molar-refractivity contribution < 1.29 is 4.79 Å². The SMILES string of the molecule is O=C(NCc1cnc2cnccn12)C1CCc2ccccc21. The number of rotatable bonds is 3. The number of carbonyl (C=O) groups is 1. The number of benzene rings is 1. The van der Waals surface area contributed by atoms with Crippen LogP contribution in [0.2, 0.25) is 0 Å². The molecular weight excluding hydrogens is 276 g/mol. The van der Waals surface area contributed by atoms with Crippen LogP contribution in [-0.2, 0) is 17.8 Å². The van der Waals surface area contributed by atoms with Crippen molar-refractivity contribution in [2.24, 2.45) is 0 Å². The first-order valence-corrected chi connectivity index (χ1v) is 7.44. The molecule has 0 saturated carbocycles. The standard InChI is InChI=1S/C17H16N4O/c22-17(15-6-5-12-3-1-2-4-14(12)15)20-10-13-9-19-16-11-18-7-8-21(13)16/h1-4,7-9,11,15H,5-6,10H2,(H,20,22). The van der Waals surface area contributed by atoms with Gasteiger partial charge in [-0.3, -0.25) is 14.2 Å². The van der Waals surface area contributed by atoms with Crippen LogP contribution < -0.4 is 5.32 Å². The fraction of sp³-hybridized carbons (Fsp3) is 0.235. The maximum Gasteiger partial charge on any atom is 0.227 e. The van der Waals surface area contributed by atoms with E-state index in [1.165, 1.54) is 11.1 Å². The average molecular weight is 292 g/mol. The summed E-state index contributed by atoms with van der Waals surface area (Å²) in [4.78, 5) is 20.8. The summed E-state index contributed by atoms with van der Waals surface area (Å²) in [5.74, 6) is 0.0611. The van der Waals surface area contributed by atoms with Gasteiger partial charge < -0.3 is 5.32 Å². The topological polar surface area (TPSA) is 59.3 Å². The van der Waals surface area contributed by atoms with Gasteiger partial charge in [0.2, 0.25) is 5.91 Å². The number of hydrogen-bond donors (Lipinski definition) is 1. The average Bonchev–Trinajstić information content (AvgIpc) is 3.17. The number of nitrogens with one attached hydrogen (secondary N) is 1. The number of aromatic nitrogens is 3. The second-order valence-corrected chi connectivity index (χ2v) is 5.56. The van der Waals surface area contributed by atoms with Crippen LogP contribution in [0.4, 0.5) is 0 Å². The van der Waals surface area contributed by atoms with Crippen molar-refractivity contribution in [2.75, 3.05) is 0 Å². The molecule has 1 aliphatic carbocycles. The van der Waals surface area contributed by atoms with Gasteiger partial charge >= 0.3 is 0 Å². The lowest BCUT2D eigenvalue weighted by atomic mass is 10.0. The highest BCUT2D eigenvalue weighted by atomic mass is 16.1. The first kappa shape index (κ1) is 13.0. The number of fused-ring (bicyclic) bond motifs is 2. The predicted molar refractivity (Wildman–Crippen MR) is 82.3 cm³/mol. The number of amides is 1. The van der Waals surface area contributed by atoms with E-state index in [1.54, 1.807) is 18.6 Å². The molecular formula is C17H16N4O. The van der Waals surface area contributed by atoms with Crippen molar-refractivity contribution in [3.8, 4) is 0 Å². The minimum absolute atomic E-state index is 0.0305. The van der Waals surface area contributed by atoms with Crippen LogP contribution in [0.15, 0.2) is 49.1 Å². The Hall–Kier alpha value is -2.69. The second kappa shape index (κ2) is 5.26. The highest BCUT2D eigenvalue weighted by Crippen LogP contribution is 2.32. The minimum atomic E-state index is -0.0305. The Labute approximate surface area is 128 Å². The first-order valence-electron chi connectivity index (χ1n) is 7.44. The Morgan fingerprint density at radius 1 is 1.32 bits per heavy atom. The molecule has 110 valence electrons. The molecule has 0 aliphatic heterocycles. The van der Waals surface area contributed by atoms with Crippen LogP contribution in [-0.4, -0.2) is 20.3 Å². The van der Waals surface area contributed by atoms with Crippen LogP contribution in [0.25, 0.3) is 5.65 Å². The van der Waals surface area contributed by atoms with Gasteiger partial charge in [0.15, 0.2) is 5.65 Å². The fourth-order valence-electron chi connectivity index (χ4n) is 3.16. The zero-order chi connectivity index (χ0) is 14.9. The minimum Gasteiger partial charge on any atom is -0.350 e. The molecule has 5 heteroatoms. The number of carbonyl (C=O) groups excluding carboxylic acids is 1. The van der Waals surface area contributed by atoms with E-state index in [-0.39, 0.29) is 11.8 Å². The van der Waals surface area contributed by atoms with Gasteiger partial charge in [0, 0.05) is 12.4 Å². The number of imidazole rings is 1. The van der Waals surface area contributed by atoms with E-state index in [0.717, 1.165) is 24.2 Å². The smallest absolute Gasteiger partial charge is 0.227 e. The molecule has 0 spiro atoms. The van der Waals surface area contributed by atoms with Crippen LogP contribution in [0.5, 0.6) is 0 Å². The van der Waals surface area contributed by atoms with E-state index >= 15 is 0 Å². The molecule has 2 heterocycles. The Balaban J connectivity index is 1.49. The van der Waals surface area contributed by atoms with Crippen molar-refractivity contribution in [3.63, 3.8) is 0 Å². The number of hydrogen-bond acceptors (Lipinski definition) is 3. The van der Waals surface area contributed by atoms with E-state index in [9.17, 15) is 4.79 Å². The highest BCUT2D eigenvalue weighted by Gasteiger charge is 2.27. The summed E-state index contributed by atoms with van der Waals surface area (Å²) in [5, 5.41) is 3.04. The molecule has 0 fully saturated rings. The van der Waals surface area contributed by atoms with E-state index in [0.29, 0.717) is 6.54 Å². The molecule has 0 saturated heterocycles. The van der Waals surface area contributed by atoms with Gasteiger partial charge in [0.05, 0.1) is 30.6 Å². The molecule has 1 amide bonds. The molecule has 1 N–H and O–H groups in total. The van der Waals surface area contributed by atoms with Gasteiger partial charge in [-0.2, -0.15) is 0 Å². The summed E-state index contributed by atoms with van der Waals surface area (Å²) in [6.07, 6.45) is 8.93. The van der Waals surface area contributed by atoms with E-state index in [2.05, 4.69) is 27.4 Å². The summed E-state index contributed by atoms with van der Waals surface area (Å²) in [7, 11) is 0. The monoisotopic (exact) mass is 292 g/mol. The molecule has 1 atom stereocenters. The Bertz CT molecular complexity index is 839. The molecule has 1 unspecified atom stereocenters. The summed E-state index contributed by atoms with van der Waals surface area (Å²) < 4.78 is 1.94. The van der Waals surface area contributed by atoms with Gasteiger partial charge in [0.25, 0.3) is 0 Å². The van der Waals surface area contributed by atoms with E-state index in [4.69, 9.17) is 0 Å². The first-order chi connectivity index (χ1) is 10.8. The summed E-state index contributed by atoms with van der Waals surface area (Å²) >= 11 is 0. The van der Waals surface area contributed by atoms with Gasteiger partial charge in [-0.25, -0.2) is 4.98 Å². The van der Waals surface area contributed by atoms with E-state index < -0.39 is 0 Å². The van der Waals surface area contributed by atoms with Crippen LogP contribution in [0.3, 0.4) is 0 Å². The van der Waals surface area contributed by atoms with Crippen molar-refractivity contribution >= 4 is 11.6 Å². The zero-order valence-corrected chi connectivity index (χ0v) is 12.1. The van der Waals surface area contributed by atoms with Gasteiger partial charge in [0.1, 0.15) is 0 Å². The van der Waals surface area contributed by atoms with Crippen molar-refractivity contribution in [1.82, 2.24) is 19.7 Å². The summed E-state index contributed by atoms with van der Waals surface area (Å²) in [6.45, 7) is 0.475. The molecule has 4 rings (SSSR count). The second-order valence-electron chi connectivity index (χ2n) is 5.56. The van der Waals surface area contributed by atoms with Crippen molar-refractivity contribution in [2.45, 2.75) is 25.3 Å². The molecule has 5 nitrogen and oxygen atoms in total. The molecule has 1 aromatic carbocycles. The quantitative estimate of drug-likeness (QED) is 0.804. The van der Waals surface area contributed by atoms with Crippen molar-refractivity contribution in [3.05, 3.63) is 65.9 Å². The molecule has 1 aliphatic rings. The molecule has 0 bridgehead atoms. The largest absolute Gasteiger partial charge is 0.350 e. The van der Waals surface area contributed by atoms with E-state index in [1.807, 2.05) is 22.7 Å². The Kier molecular flexibility index (Phi) is 3.11. The number of nitrogens with zero attached hydrogens (tertiary/aromatic N) is 3. The number of aryl methyl sites for hydroxylation is 1. The normalized spacial score (nSPS) is 16.6. The van der Waals surface area contributed by atoms with Crippen LogP contribution >= 0.6 is 0 Å². The predicted octanol–water partition coefficient (Wildman–Crippen LogP) is 2.08. The lowest BCUT2D eigenvalue weighted by molar-refractivity contribution is -0.122. The molecule has 0 radical (unpaired) electrons. The van der Waals surface area contributed by atoms with Gasteiger partial charge in [-0.1, -0.05) is 24.3 Å². The third-order valence-electron chi connectivity index (χ3n) is 4.29. The maximum absolute atomic E-state index is 12.5. The Morgan fingerprint density at radius 2 is 2.23 bits per heavy atom. The lowest BCUT2D eigenvalue weighted by Gasteiger charge is -2.12. The van der Waals surface area contributed by atoms with Gasteiger partial charge in [-0.05, 0) is 24.0 Å². The van der Waals surface area contributed by atoms with Crippen molar-refractivity contribution in [1.29, 1.82) is 0 Å².